The van der Waals surface area contributed by atoms with Gasteiger partial charge in [0.1, 0.15) is 5.75 Å². The summed E-state index contributed by atoms with van der Waals surface area (Å²) < 4.78 is 34.1. The number of nitrogens with one attached hydrogen (secondary N) is 1. The van der Waals surface area contributed by atoms with Gasteiger partial charge in [0.05, 0.1) is 24.2 Å². The van der Waals surface area contributed by atoms with Gasteiger partial charge < -0.3 is 15.6 Å². The van der Waals surface area contributed by atoms with Crippen LogP contribution in [0, 0.1) is 16.7 Å². The molecule has 0 saturated heterocycles. The first kappa shape index (κ1) is 28.9. The van der Waals surface area contributed by atoms with E-state index < -0.39 is 22.2 Å². The van der Waals surface area contributed by atoms with E-state index in [2.05, 4.69) is 10.8 Å². The predicted octanol–water partition coefficient (Wildman–Crippen LogP) is 3.20. The first-order valence-electron chi connectivity index (χ1n) is 10.6. The molecule has 0 aromatic heterocycles. The van der Waals surface area contributed by atoms with Gasteiger partial charge in [-0.3, -0.25) is 0 Å². The molecule has 2 atom stereocenters. The highest BCUT2D eigenvalue weighted by molar-refractivity contribution is 7.89. The van der Waals surface area contributed by atoms with E-state index in [1.54, 1.807) is 12.1 Å². The van der Waals surface area contributed by atoms with E-state index in [9.17, 15) is 13.5 Å². The predicted molar refractivity (Wildman–Crippen MR) is 132 cm³/mol. The summed E-state index contributed by atoms with van der Waals surface area (Å²) in [4.78, 5) is 0.0837. The molecule has 0 fully saturated rings. The highest BCUT2D eigenvalue weighted by Gasteiger charge is 2.26. The molecule has 0 aliphatic rings. The molecule has 0 amide bonds. The van der Waals surface area contributed by atoms with Crippen molar-refractivity contribution in [3.8, 4) is 11.8 Å². The van der Waals surface area contributed by atoms with Gasteiger partial charge in [0, 0.05) is 25.4 Å². The average Bonchev–Trinajstić information content (AvgIpc) is 2.77. The molecular weight excluding hydrogens is 462 g/mol. The topological polar surface area (TPSA) is 125 Å². The quantitative estimate of drug-likeness (QED) is 0.415. The molecule has 0 radical (unpaired) electrons. The summed E-state index contributed by atoms with van der Waals surface area (Å²) in [6.07, 6.45) is 0.532. The molecule has 182 valence electrons. The van der Waals surface area contributed by atoms with Crippen LogP contribution in [-0.2, 0) is 22.9 Å². The first-order valence-corrected chi connectivity index (χ1v) is 12.1. The zero-order chi connectivity index (χ0) is 23.8. The van der Waals surface area contributed by atoms with Gasteiger partial charge in [-0.2, -0.15) is 5.26 Å². The number of methoxy groups -OCH3 is 1. The van der Waals surface area contributed by atoms with E-state index in [4.69, 9.17) is 15.7 Å². The Bertz CT molecular complexity index is 1020. The summed E-state index contributed by atoms with van der Waals surface area (Å²) in [7, 11) is -2.34. The fraction of sp³-hybridized carbons (Fsp3) is 0.458. The molecule has 9 heteroatoms. The average molecular weight is 496 g/mol. The van der Waals surface area contributed by atoms with Crippen LogP contribution in [0.25, 0.3) is 0 Å². The molecule has 4 N–H and O–H groups in total. The van der Waals surface area contributed by atoms with Crippen LogP contribution in [0.15, 0.2) is 53.4 Å². The van der Waals surface area contributed by atoms with Crippen molar-refractivity contribution in [3.63, 3.8) is 0 Å². The fourth-order valence-electron chi connectivity index (χ4n) is 3.35. The van der Waals surface area contributed by atoms with Crippen LogP contribution in [-0.4, -0.2) is 39.3 Å². The standard InChI is InChI=1S/C24H33N3O4S.ClH/c1-24(2,12-7-13-25)17-27-32(29,30)23-11-10-20(31-3)15-19(23)16-22(28)21(26)14-18-8-5-4-6-9-18;/h4-6,8-11,15,21-22,27-28H,7,12,14,16-17,26H2,1-3H3;1H. The summed E-state index contributed by atoms with van der Waals surface area (Å²) in [5.41, 5.74) is 7.28. The summed E-state index contributed by atoms with van der Waals surface area (Å²) in [6.45, 7) is 4.01. The van der Waals surface area contributed by atoms with Crippen LogP contribution in [0.1, 0.15) is 37.8 Å². The van der Waals surface area contributed by atoms with Crippen molar-refractivity contribution in [1.82, 2.24) is 4.72 Å². The minimum absolute atomic E-state index is 0. The lowest BCUT2D eigenvalue weighted by atomic mass is 9.88. The Morgan fingerprint density at radius 3 is 2.45 bits per heavy atom. The van der Waals surface area contributed by atoms with Crippen LogP contribution in [0.5, 0.6) is 5.75 Å². The van der Waals surface area contributed by atoms with Gasteiger partial charge >= 0.3 is 0 Å². The van der Waals surface area contributed by atoms with Gasteiger partial charge in [-0.25, -0.2) is 13.1 Å². The van der Waals surface area contributed by atoms with Crippen molar-refractivity contribution in [2.24, 2.45) is 11.1 Å². The number of ether oxygens (including phenoxy) is 1. The van der Waals surface area contributed by atoms with Crippen LogP contribution in [0.4, 0.5) is 0 Å². The number of benzene rings is 2. The smallest absolute Gasteiger partial charge is 0.240 e. The van der Waals surface area contributed by atoms with E-state index in [-0.39, 0.29) is 35.7 Å². The largest absolute Gasteiger partial charge is 0.497 e. The van der Waals surface area contributed by atoms with E-state index in [1.165, 1.54) is 13.2 Å². The molecular formula is C24H34ClN3O4S. The molecule has 2 aromatic rings. The van der Waals surface area contributed by atoms with Gasteiger partial charge in [-0.15, -0.1) is 12.4 Å². The molecule has 33 heavy (non-hydrogen) atoms. The summed E-state index contributed by atoms with van der Waals surface area (Å²) in [5.74, 6) is 0.497. The second-order valence-corrected chi connectivity index (χ2v) is 10.5. The Morgan fingerprint density at radius 1 is 1.18 bits per heavy atom. The van der Waals surface area contributed by atoms with E-state index in [0.717, 1.165) is 5.56 Å². The first-order chi connectivity index (χ1) is 15.1. The van der Waals surface area contributed by atoms with E-state index in [1.807, 2.05) is 44.2 Å². The fourth-order valence-corrected chi connectivity index (χ4v) is 4.83. The maximum atomic E-state index is 13.1. The lowest BCUT2D eigenvalue weighted by Crippen LogP contribution is -2.39. The SMILES string of the molecule is COc1ccc(S(=O)(=O)NCC(C)(C)CCC#N)c(CC(O)C(N)Cc2ccccc2)c1.Cl. The van der Waals surface area contributed by atoms with E-state index in [0.29, 0.717) is 30.6 Å². The Hall–Kier alpha value is -2.15. The van der Waals surface area contributed by atoms with Crippen molar-refractivity contribution in [2.45, 2.75) is 56.6 Å². The zero-order valence-electron chi connectivity index (χ0n) is 19.3. The van der Waals surface area contributed by atoms with Crippen LogP contribution < -0.4 is 15.2 Å². The molecule has 0 bridgehead atoms. The molecule has 2 aromatic carbocycles. The minimum atomic E-state index is -3.84. The van der Waals surface area contributed by atoms with Crippen molar-refractivity contribution >= 4 is 22.4 Å². The third kappa shape index (κ3) is 8.95. The lowest BCUT2D eigenvalue weighted by Gasteiger charge is -2.25. The third-order valence-corrected chi connectivity index (χ3v) is 6.95. The molecule has 0 heterocycles. The zero-order valence-corrected chi connectivity index (χ0v) is 21.0. The van der Waals surface area contributed by atoms with Gasteiger partial charge in [0.15, 0.2) is 0 Å². The number of nitrogens with two attached hydrogens (primary N) is 1. The highest BCUT2D eigenvalue weighted by atomic mass is 35.5. The number of sulfonamides is 1. The number of nitriles is 1. The Balaban J connectivity index is 0.00000544. The normalized spacial score (nSPS) is 13.5. The van der Waals surface area contributed by atoms with Crippen molar-refractivity contribution in [3.05, 3.63) is 59.7 Å². The molecule has 7 nitrogen and oxygen atoms in total. The van der Waals surface area contributed by atoms with E-state index >= 15 is 0 Å². The number of rotatable bonds is 12. The van der Waals surface area contributed by atoms with Gasteiger partial charge in [-0.05, 0) is 47.6 Å². The number of aliphatic hydroxyl groups excluding tert-OH is 1. The molecule has 0 spiro atoms. The number of halogens is 1. The third-order valence-electron chi connectivity index (χ3n) is 5.45. The van der Waals surface area contributed by atoms with Gasteiger partial charge in [-0.1, -0.05) is 44.2 Å². The second kappa shape index (κ2) is 12.9. The Kier molecular flexibility index (Phi) is 11.3. The Labute approximate surface area is 203 Å². The molecule has 2 rings (SSSR count). The van der Waals surface area contributed by atoms with Crippen LogP contribution in [0.3, 0.4) is 0 Å². The van der Waals surface area contributed by atoms with Gasteiger partial charge in [0.25, 0.3) is 0 Å². The second-order valence-electron chi connectivity index (χ2n) is 8.75. The maximum absolute atomic E-state index is 13.1. The lowest BCUT2D eigenvalue weighted by molar-refractivity contribution is 0.143. The van der Waals surface area contributed by atoms with Gasteiger partial charge in [0.2, 0.25) is 10.0 Å². The van der Waals surface area contributed by atoms with Crippen molar-refractivity contribution in [2.75, 3.05) is 13.7 Å². The maximum Gasteiger partial charge on any atom is 0.240 e. The number of nitrogens with zero attached hydrogens (tertiary/aromatic N) is 1. The number of aliphatic hydroxyl groups is 1. The summed E-state index contributed by atoms with van der Waals surface area (Å²) in [6, 6.07) is 15.8. The monoisotopic (exact) mass is 495 g/mol. The summed E-state index contributed by atoms with van der Waals surface area (Å²) >= 11 is 0. The molecule has 0 aliphatic heterocycles. The molecule has 2 unspecified atom stereocenters. The van der Waals surface area contributed by atoms with Crippen LogP contribution in [0.2, 0.25) is 0 Å². The molecule has 0 saturated carbocycles. The van der Waals surface area contributed by atoms with Crippen molar-refractivity contribution < 1.29 is 18.3 Å². The Morgan fingerprint density at radius 2 is 1.85 bits per heavy atom. The van der Waals surface area contributed by atoms with Crippen LogP contribution >= 0.6 is 12.4 Å². The minimum Gasteiger partial charge on any atom is -0.497 e. The summed E-state index contributed by atoms with van der Waals surface area (Å²) in [5, 5.41) is 19.5. The number of hydrogen-bond acceptors (Lipinski definition) is 6. The van der Waals surface area contributed by atoms with Crippen molar-refractivity contribution in [1.29, 1.82) is 5.26 Å². The molecule has 0 aliphatic carbocycles. The highest BCUT2D eigenvalue weighted by Crippen LogP contribution is 2.26. The number of hydrogen-bond donors (Lipinski definition) is 3.